The number of ketones is 1. The zero-order valence-electron chi connectivity index (χ0n) is 9.96. The summed E-state index contributed by atoms with van der Waals surface area (Å²) in [5.41, 5.74) is 0.432. The second-order valence-corrected chi connectivity index (χ2v) is 4.51. The lowest BCUT2D eigenvalue weighted by Gasteiger charge is -2.15. The number of hydrogen-bond acceptors (Lipinski definition) is 2. The molecule has 4 heteroatoms. The van der Waals surface area contributed by atoms with Gasteiger partial charge in [0.05, 0.1) is 5.02 Å². The molecule has 0 radical (unpaired) electrons. The maximum Gasteiger partial charge on any atom is 0.201 e. The van der Waals surface area contributed by atoms with Gasteiger partial charge in [-0.25, -0.2) is 4.39 Å². The predicted molar refractivity (Wildman–Crippen MR) is 72.1 cm³/mol. The first-order valence-corrected chi connectivity index (χ1v) is 6.15. The van der Waals surface area contributed by atoms with Crippen molar-refractivity contribution < 1.29 is 14.3 Å². The predicted octanol–water partition coefficient (Wildman–Crippen LogP) is 3.59. The average molecular weight is 279 g/mol. The van der Waals surface area contributed by atoms with Crippen molar-refractivity contribution >= 4 is 17.4 Å². The van der Waals surface area contributed by atoms with Crippen LogP contribution < -0.4 is 0 Å². The lowest BCUT2D eigenvalue weighted by molar-refractivity contribution is 0.0549. The van der Waals surface area contributed by atoms with Crippen molar-refractivity contribution in [1.29, 1.82) is 0 Å². The van der Waals surface area contributed by atoms with Gasteiger partial charge in [-0.15, -0.1) is 0 Å². The number of carbonyl (C=O) groups excluding carboxylic acids is 1. The summed E-state index contributed by atoms with van der Waals surface area (Å²) >= 11 is 5.84. The number of hydrogen-bond donors (Lipinski definition) is 1. The van der Waals surface area contributed by atoms with Crippen molar-refractivity contribution in [1.82, 2.24) is 0 Å². The van der Waals surface area contributed by atoms with E-state index < -0.39 is 18.1 Å². The second-order valence-electron chi connectivity index (χ2n) is 4.10. The molecule has 0 amide bonds. The van der Waals surface area contributed by atoms with Gasteiger partial charge in [0, 0.05) is 5.56 Å². The Morgan fingerprint density at radius 2 is 1.63 bits per heavy atom. The third kappa shape index (κ3) is 3.00. The Morgan fingerprint density at radius 1 is 1.05 bits per heavy atom. The highest BCUT2D eigenvalue weighted by Crippen LogP contribution is 2.25. The van der Waals surface area contributed by atoms with Gasteiger partial charge in [0.1, 0.15) is 6.10 Å². The molecule has 0 aliphatic carbocycles. The van der Waals surface area contributed by atoms with Crippen molar-refractivity contribution in [3.05, 3.63) is 70.7 Å². The molecule has 0 aromatic heterocycles. The van der Waals surface area contributed by atoms with Crippen LogP contribution in [0.4, 0.5) is 4.39 Å². The molecule has 0 saturated heterocycles. The summed E-state index contributed by atoms with van der Waals surface area (Å²) < 4.78 is 14.1. The van der Waals surface area contributed by atoms with Gasteiger partial charge in [-0.2, -0.15) is 0 Å². The lowest BCUT2D eigenvalue weighted by atomic mass is 9.98. The molecule has 98 valence electrons. The van der Waals surface area contributed by atoms with Gasteiger partial charge in [0.15, 0.2) is 6.17 Å². The highest BCUT2D eigenvalue weighted by Gasteiger charge is 2.29. The van der Waals surface area contributed by atoms with Gasteiger partial charge in [-0.05, 0) is 17.7 Å². The zero-order valence-corrected chi connectivity index (χ0v) is 10.7. The molecule has 0 aliphatic heterocycles. The van der Waals surface area contributed by atoms with Crippen LogP contribution in [0.3, 0.4) is 0 Å². The summed E-state index contributed by atoms with van der Waals surface area (Å²) in [6.45, 7) is 0. The minimum Gasteiger partial charge on any atom is -0.385 e. The molecule has 0 fully saturated rings. The van der Waals surface area contributed by atoms with E-state index in [4.69, 9.17) is 11.6 Å². The molecule has 2 aromatic rings. The molecule has 2 aromatic carbocycles. The quantitative estimate of drug-likeness (QED) is 0.868. The molecule has 2 atom stereocenters. The molecule has 2 rings (SSSR count). The molecule has 0 heterocycles. The Labute approximate surface area is 115 Å². The highest BCUT2D eigenvalue weighted by atomic mass is 35.5. The van der Waals surface area contributed by atoms with Crippen LogP contribution in [0.5, 0.6) is 0 Å². The molecule has 2 nitrogen and oxygen atoms in total. The summed E-state index contributed by atoms with van der Waals surface area (Å²) in [7, 11) is 0. The van der Waals surface area contributed by atoms with Gasteiger partial charge in [0.2, 0.25) is 5.78 Å². The summed E-state index contributed by atoms with van der Waals surface area (Å²) in [5.74, 6) is -0.818. The third-order valence-electron chi connectivity index (χ3n) is 2.81. The fraction of sp³-hybridized carbons (Fsp3) is 0.133. The van der Waals surface area contributed by atoms with Crippen molar-refractivity contribution in [3.63, 3.8) is 0 Å². The summed E-state index contributed by atoms with van der Waals surface area (Å²) in [6.07, 6.45) is -3.53. The van der Waals surface area contributed by atoms with E-state index >= 15 is 0 Å². The van der Waals surface area contributed by atoms with Crippen LogP contribution in [0.25, 0.3) is 0 Å². The fourth-order valence-corrected chi connectivity index (χ4v) is 2.00. The number of carbonyl (C=O) groups is 1. The van der Waals surface area contributed by atoms with E-state index in [1.54, 1.807) is 42.5 Å². The van der Waals surface area contributed by atoms with E-state index in [0.717, 1.165) is 0 Å². The number of aliphatic hydroxyl groups excluding tert-OH is 1. The van der Waals surface area contributed by atoms with Gasteiger partial charge in [-0.1, -0.05) is 54.1 Å². The van der Waals surface area contributed by atoms with Crippen molar-refractivity contribution in [2.45, 2.75) is 12.3 Å². The maximum absolute atomic E-state index is 14.1. The maximum atomic E-state index is 14.1. The molecule has 2 unspecified atom stereocenters. The highest BCUT2D eigenvalue weighted by molar-refractivity contribution is 6.34. The lowest BCUT2D eigenvalue weighted by Crippen LogP contribution is -2.24. The van der Waals surface area contributed by atoms with Gasteiger partial charge >= 0.3 is 0 Å². The SMILES string of the molecule is O=C(c1ccccc1Cl)C(F)C(O)c1ccccc1. The van der Waals surface area contributed by atoms with Crippen LogP contribution >= 0.6 is 11.6 Å². The van der Waals surface area contributed by atoms with Crippen molar-refractivity contribution in [2.75, 3.05) is 0 Å². The Morgan fingerprint density at radius 3 is 2.26 bits per heavy atom. The number of benzene rings is 2. The normalized spacial score (nSPS) is 13.8. The van der Waals surface area contributed by atoms with E-state index in [1.807, 2.05) is 0 Å². The van der Waals surface area contributed by atoms with Crippen molar-refractivity contribution in [3.8, 4) is 0 Å². The minimum atomic E-state index is -2.04. The van der Waals surface area contributed by atoms with E-state index in [2.05, 4.69) is 0 Å². The van der Waals surface area contributed by atoms with Crippen LogP contribution in [-0.2, 0) is 0 Å². The van der Waals surface area contributed by atoms with E-state index in [0.29, 0.717) is 5.56 Å². The first-order chi connectivity index (χ1) is 9.11. The number of alkyl halides is 1. The topological polar surface area (TPSA) is 37.3 Å². The second kappa shape index (κ2) is 5.95. The first kappa shape index (κ1) is 13.7. The van der Waals surface area contributed by atoms with Crippen LogP contribution in [0, 0.1) is 0 Å². The molecular weight excluding hydrogens is 267 g/mol. The van der Waals surface area contributed by atoms with E-state index in [1.165, 1.54) is 12.1 Å². The Hall–Kier alpha value is -1.71. The molecule has 19 heavy (non-hydrogen) atoms. The standard InChI is InChI=1S/C15H12ClFO2/c16-12-9-5-4-8-11(12)15(19)13(17)14(18)10-6-2-1-3-7-10/h1-9,13-14,18H. The van der Waals surface area contributed by atoms with Crippen LogP contribution in [-0.4, -0.2) is 17.1 Å². The number of halogens is 2. The fourth-order valence-electron chi connectivity index (χ4n) is 1.77. The minimum absolute atomic E-state index is 0.0756. The molecule has 0 aliphatic rings. The molecular formula is C15H12ClFO2. The molecule has 0 saturated carbocycles. The summed E-state index contributed by atoms with van der Waals surface area (Å²) in [4.78, 5) is 12.0. The van der Waals surface area contributed by atoms with Crippen LogP contribution in [0.15, 0.2) is 54.6 Å². The molecule has 0 spiro atoms. The van der Waals surface area contributed by atoms with Gasteiger partial charge in [-0.3, -0.25) is 4.79 Å². The van der Waals surface area contributed by atoms with E-state index in [9.17, 15) is 14.3 Å². The molecule has 0 bridgehead atoms. The first-order valence-electron chi connectivity index (χ1n) is 5.77. The zero-order chi connectivity index (χ0) is 13.8. The summed E-state index contributed by atoms with van der Waals surface area (Å²) in [6, 6.07) is 14.4. The number of rotatable bonds is 4. The Kier molecular flexibility index (Phi) is 4.30. The van der Waals surface area contributed by atoms with Crippen molar-refractivity contribution in [2.24, 2.45) is 0 Å². The van der Waals surface area contributed by atoms with Gasteiger partial charge in [0.25, 0.3) is 0 Å². The summed E-state index contributed by atoms with van der Waals surface area (Å²) in [5, 5.41) is 10.0. The number of Topliss-reactive ketones (excluding diaryl/α,β-unsaturated/α-hetero) is 1. The van der Waals surface area contributed by atoms with E-state index in [-0.39, 0.29) is 10.6 Å². The molecule has 1 N–H and O–H groups in total. The van der Waals surface area contributed by atoms with Crippen LogP contribution in [0.1, 0.15) is 22.0 Å². The largest absolute Gasteiger partial charge is 0.385 e. The smallest absolute Gasteiger partial charge is 0.201 e. The Balaban J connectivity index is 2.23. The third-order valence-corrected chi connectivity index (χ3v) is 3.14. The number of aliphatic hydroxyl groups is 1. The Bertz CT molecular complexity index is 571. The monoisotopic (exact) mass is 278 g/mol. The average Bonchev–Trinajstić information content (AvgIpc) is 2.46. The van der Waals surface area contributed by atoms with Gasteiger partial charge < -0.3 is 5.11 Å². The van der Waals surface area contributed by atoms with Crippen LogP contribution in [0.2, 0.25) is 5.02 Å².